The first-order valence-electron chi connectivity index (χ1n) is 8.85. The first-order valence-corrected chi connectivity index (χ1v) is 10.6. The van der Waals surface area contributed by atoms with Gasteiger partial charge in [0.25, 0.3) is 0 Å². The van der Waals surface area contributed by atoms with Crippen molar-refractivity contribution in [3.63, 3.8) is 0 Å². The molecule has 27 heavy (non-hydrogen) atoms. The normalized spacial score (nSPS) is 19.8. The Kier molecular flexibility index (Phi) is 6.70. The van der Waals surface area contributed by atoms with Gasteiger partial charge in [0.05, 0.1) is 11.4 Å². The van der Waals surface area contributed by atoms with Gasteiger partial charge >= 0.3 is 0 Å². The van der Waals surface area contributed by atoms with E-state index in [0.717, 1.165) is 23.9 Å². The Hall–Kier alpha value is -1.67. The monoisotopic (exact) mass is 452 g/mol. The number of piperidine rings is 1. The average molecular weight is 453 g/mol. The molecule has 8 heteroatoms. The summed E-state index contributed by atoms with van der Waals surface area (Å²) in [5, 5.41) is 3.32. The zero-order valence-electron chi connectivity index (χ0n) is 15.3. The van der Waals surface area contributed by atoms with Gasteiger partial charge in [-0.1, -0.05) is 41.5 Å². The molecule has 3 rings (SSSR count). The van der Waals surface area contributed by atoms with Gasteiger partial charge in [-0.15, -0.1) is 0 Å². The van der Waals surface area contributed by atoms with E-state index < -0.39 is 5.82 Å². The van der Waals surface area contributed by atoms with Crippen molar-refractivity contribution in [2.75, 3.05) is 29.1 Å². The Morgan fingerprint density at radius 2 is 2.04 bits per heavy atom. The van der Waals surface area contributed by atoms with Gasteiger partial charge in [-0.3, -0.25) is 4.79 Å². The van der Waals surface area contributed by atoms with Crippen molar-refractivity contribution < 1.29 is 9.18 Å². The number of nitrogens with zero attached hydrogens (tertiary/aromatic N) is 3. The summed E-state index contributed by atoms with van der Waals surface area (Å²) in [5.74, 6) is 1.56. The van der Waals surface area contributed by atoms with Crippen LogP contribution in [-0.2, 0) is 4.79 Å². The SMILES string of the molecule is C[C@@H]1C[C@H](C)CN(c2cc(SCC(=O)Nc3ccc(Br)cc3F)ncn2)C1. The quantitative estimate of drug-likeness (QED) is 0.530. The molecule has 1 saturated heterocycles. The van der Waals surface area contributed by atoms with E-state index in [1.807, 2.05) is 6.07 Å². The summed E-state index contributed by atoms with van der Waals surface area (Å²) < 4.78 is 14.4. The molecule has 1 aliphatic rings. The highest BCUT2D eigenvalue weighted by Crippen LogP contribution is 2.27. The van der Waals surface area contributed by atoms with Crippen molar-refractivity contribution in [1.82, 2.24) is 9.97 Å². The van der Waals surface area contributed by atoms with E-state index in [0.29, 0.717) is 16.3 Å². The molecule has 1 aromatic carbocycles. The first kappa shape index (κ1) is 20.1. The Bertz CT molecular complexity index is 812. The third-order valence-electron chi connectivity index (χ3n) is 4.38. The molecule has 1 fully saturated rings. The van der Waals surface area contributed by atoms with Gasteiger partial charge in [0.2, 0.25) is 5.91 Å². The number of thioether (sulfide) groups is 1. The standard InChI is InChI=1S/C19H22BrFN4OS/c1-12-5-13(2)9-25(8-12)17-7-19(23-11-22-17)27-10-18(26)24-16-4-3-14(20)6-15(16)21/h3-4,6-7,11-13H,5,8-10H2,1-2H3,(H,24,26)/t12-,13+. The number of hydrogen-bond donors (Lipinski definition) is 1. The van der Waals surface area contributed by atoms with Crippen molar-refractivity contribution in [2.45, 2.75) is 25.3 Å². The molecule has 2 heterocycles. The number of carbonyl (C=O) groups is 1. The molecule has 2 aromatic rings. The topological polar surface area (TPSA) is 58.1 Å². The Morgan fingerprint density at radius 3 is 2.74 bits per heavy atom. The largest absolute Gasteiger partial charge is 0.356 e. The molecule has 1 amide bonds. The zero-order chi connectivity index (χ0) is 19.4. The van der Waals surface area contributed by atoms with Gasteiger partial charge in [-0.05, 0) is 36.5 Å². The highest BCUT2D eigenvalue weighted by Gasteiger charge is 2.23. The van der Waals surface area contributed by atoms with Crippen LogP contribution in [-0.4, -0.2) is 34.7 Å². The van der Waals surface area contributed by atoms with Crippen LogP contribution in [0.15, 0.2) is 40.1 Å². The van der Waals surface area contributed by atoms with Crippen LogP contribution in [0.4, 0.5) is 15.9 Å². The van der Waals surface area contributed by atoms with E-state index in [2.05, 4.69) is 50.0 Å². The summed E-state index contributed by atoms with van der Waals surface area (Å²) >= 11 is 4.51. The summed E-state index contributed by atoms with van der Waals surface area (Å²) in [7, 11) is 0. The smallest absolute Gasteiger partial charge is 0.234 e. The van der Waals surface area contributed by atoms with Gasteiger partial charge in [0, 0.05) is 23.6 Å². The van der Waals surface area contributed by atoms with Crippen LogP contribution in [0.3, 0.4) is 0 Å². The lowest BCUT2D eigenvalue weighted by molar-refractivity contribution is -0.113. The summed E-state index contributed by atoms with van der Waals surface area (Å²) in [6, 6.07) is 6.45. The number of aromatic nitrogens is 2. The maximum atomic E-state index is 13.8. The first-order chi connectivity index (χ1) is 12.9. The van der Waals surface area contributed by atoms with E-state index in [9.17, 15) is 9.18 Å². The Labute approximate surface area is 171 Å². The lowest BCUT2D eigenvalue weighted by atomic mass is 9.92. The molecule has 1 aromatic heterocycles. The molecule has 0 spiro atoms. The minimum Gasteiger partial charge on any atom is -0.356 e. The number of rotatable bonds is 5. The summed E-state index contributed by atoms with van der Waals surface area (Å²) in [6.07, 6.45) is 2.77. The second-order valence-corrected chi connectivity index (χ2v) is 8.94. The number of amides is 1. The maximum absolute atomic E-state index is 13.8. The number of carbonyl (C=O) groups excluding carboxylic acids is 1. The number of benzene rings is 1. The molecule has 144 valence electrons. The zero-order valence-corrected chi connectivity index (χ0v) is 17.7. The molecule has 0 saturated carbocycles. The fourth-order valence-electron chi connectivity index (χ4n) is 3.35. The van der Waals surface area contributed by atoms with Crippen LogP contribution in [0.25, 0.3) is 0 Å². The number of halogens is 2. The van der Waals surface area contributed by atoms with E-state index in [4.69, 9.17) is 0 Å². The Balaban J connectivity index is 1.58. The second-order valence-electron chi connectivity index (χ2n) is 7.03. The van der Waals surface area contributed by atoms with Crippen molar-refractivity contribution in [3.05, 3.63) is 40.9 Å². The van der Waals surface area contributed by atoms with E-state index >= 15 is 0 Å². The molecule has 2 atom stereocenters. The van der Waals surface area contributed by atoms with Crippen LogP contribution in [0, 0.1) is 17.7 Å². The van der Waals surface area contributed by atoms with E-state index in [1.54, 1.807) is 6.07 Å². The molecule has 0 bridgehead atoms. The maximum Gasteiger partial charge on any atom is 0.234 e. The summed E-state index contributed by atoms with van der Waals surface area (Å²) in [4.78, 5) is 23.0. The predicted molar refractivity (Wildman–Crippen MR) is 111 cm³/mol. The van der Waals surface area contributed by atoms with Gasteiger partial charge in [-0.25, -0.2) is 14.4 Å². The lowest BCUT2D eigenvalue weighted by Gasteiger charge is -2.35. The predicted octanol–water partition coefficient (Wildman–Crippen LogP) is 4.59. The highest BCUT2D eigenvalue weighted by atomic mass is 79.9. The van der Waals surface area contributed by atoms with Gasteiger partial charge in [0.1, 0.15) is 23.0 Å². The van der Waals surface area contributed by atoms with Gasteiger partial charge < -0.3 is 10.2 Å². The van der Waals surface area contributed by atoms with E-state index in [-0.39, 0.29) is 17.3 Å². The number of nitrogens with one attached hydrogen (secondary N) is 1. The van der Waals surface area contributed by atoms with Crippen molar-refractivity contribution >= 4 is 45.1 Å². The fourth-order valence-corrected chi connectivity index (χ4v) is 4.34. The molecule has 5 nitrogen and oxygen atoms in total. The number of hydrogen-bond acceptors (Lipinski definition) is 5. The van der Waals surface area contributed by atoms with Crippen LogP contribution in [0.2, 0.25) is 0 Å². The molecular formula is C19H22BrFN4OS. The molecule has 0 unspecified atom stereocenters. The molecule has 1 N–H and O–H groups in total. The van der Waals surface area contributed by atoms with E-state index in [1.165, 1.54) is 36.6 Å². The van der Waals surface area contributed by atoms with Crippen LogP contribution >= 0.6 is 27.7 Å². The van der Waals surface area contributed by atoms with Gasteiger partial charge in [-0.2, -0.15) is 0 Å². The number of anilines is 2. The third kappa shape index (κ3) is 5.65. The van der Waals surface area contributed by atoms with Crippen molar-refractivity contribution in [3.8, 4) is 0 Å². The summed E-state index contributed by atoms with van der Waals surface area (Å²) in [5.41, 5.74) is 0.170. The minimum absolute atomic E-state index is 0.152. The molecular weight excluding hydrogens is 431 g/mol. The molecule has 1 aliphatic heterocycles. The molecule has 0 aliphatic carbocycles. The van der Waals surface area contributed by atoms with Crippen molar-refractivity contribution in [2.24, 2.45) is 11.8 Å². The lowest BCUT2D eigenvalue weighted by Crippen LogP contribution is -2.39. The van der Waals surface area contributed by atoms with Crippen molar-refractivity contribution in [1.29, 1.82) is 0 Å². The average Bonchev–Trinajstić information content (AvgIpc) is 2.62. The molecule has 0 radical (unpaired) electrons. The van der Waals surface area contributed by atoms with Crippen LogP contribution in [0.5, 0.6) is 0 Å². The Morgan fingerprint density at radius 1 is 1.30 bits per heavy atom. The van der Waals surface area contributed by atoms with Gasteiger partial charge in [0.15, 0.2) is 0 Å². The third-order valence-corrected chi connectivity index (χ3v) is 5.80. The summed E-state index contributed by atoms with van der Waals surface area (Å²) in [6.45, 7) is 6.47. The fraction of sp³-hybridized carbons (Fsp3) is 0.421. The minimum atomic E-state index is -0.472. The van der Waals surface area contributed by atoms with Crippen LogP contribution in [0.1, 0.15) is 20.3 Å². The highest BCUT2D eigenvalue weighted by molar-refractivity contribution is 9.10. The van der Waals surface area contributed by atoms with Crippen LogP contribution < -0.4 is 10.2 Å². The second kappa shape index (κ2) is 9.01.